The second-order valence-electron chi connectivity index (χ2n) is 13.3. The summed E-state index contributed by atoms with van der Waals surface area (Å²) in [6.45, 7) is 14.9. The van der Waals surface area contributed by atoms with Crippen molar-refractivity contribution in [2.24, 2.45) is 5.73 Å². The molecule has 0 saturated carbocycles. The first-order valence-corrected chi connectivity index (χ1v) is 17.6. The van der Waals surface area contributed by atoms with Gasteiger partial charge in [0.05, 0.1) is 16.9 Å². The normalized spacial score (nSPS) is 18.0. The highest BCUT2D eigenvalue weighted by Crippen LogP contribution is 2.48. The Morgan fingerprint density at radius 2 is 1.64 bits per heavy atom. The molecule has 3 N–H and O–H groups in total. The van der Waals surface area contributed by atoms with Gasteiger partial charge in [0.25, 0.3) is 10.1 Å². The van der Waals surface area contributed by atoms with Crippen molar-refractivity contribution in [2.45, 2.75) is 95.8 Å². The monoisotopic (exact) mass is 632 g/mol. The third kappa shape index (κ3) is 7.40. The summed E-state index contributed by atoms with van der Waals surface area (Å²) in [5.41, 5.74) is 12.9. The van der Waals surface area contributed by atoms with E-state index in [9.17, 15) is 17.8 Å². The molecule has 4 rings (SSSR count). The molecule has 2 aromatic rings. The van der Waals surface area contributed by atoms with Crippen molar-refractivity contribution in [2.75, 3.05) is 24.5 Å². The summed E-state index contributed by atoms with van der Waals surface area (Å²) in [4.78, 5) is 13.8. The van der Waals surface area contributed by atoms with Crippen LogP contribution in [-0.2, 0) is 25.7 Å². The molecule has 2 heterocycles. The van der Waals surface area contributed by atoms with Crippen LogP contribution in [0.5, 0.6) is 0 Å². The molecule has 0 unspecified atom stereocenters. The highest BCUT2D eigenvalue weighted by atomic mass is 32.2. The highest BCUT2D eigenvalue weighted by molar-refractivity contribution is 7.85. The Labute approximate surface area is 270 Å². The molecule has 2 aromatic carbocycles. The molecular formula is C37H50N3O4S+. The van der Waals surface area contributed by atoms with Crippen molar-refractivity contribution in [3.63, 3.8) is 0 Å². The van der Waals surface area contributed by atoms with Crippen molar-refractivity contribution >= 4 is 33.0 Å². The third-order valence-corrected chi connectivity index (χ3v) is 10.2. The summed E-state index contributed by atoms with van der Waals surface area (Å²) in [5, 5.41) is 0. The Kier molecular flexibility index (Phi) is 10.7. The van der Waals surface area contributed by atoms with Crippen molar-refractivity contribution in [3.8, 4) is 0 Å². The first-order valence-electron chi connectivity index (χ1n) is 16.2. The number of rotatable bonds is 14. The molecule has 242 valence electrons. The fourth-order valence-electron chi connectivity index (χ4n) is 6.77. The number of carbonyl (C=O) groups is 1. The quantitative estimate of drug-likeness (QED) is 0.0981. The Morgan fingerprint density at radius 3 is 2.33 bits per heavy atom. The van der Waals surface area contributed by atoms with Crippen LogP contribution in [0.25, 0.3) is 0 Å². The van der Waals surface area contributed by atoms with Crippen LogP contribution in [0.15, 0.2) is 77.4 Å². The summed E-state index contributed by atoms with van der Waals surface area (Å²) in [7, 11) is -4.32. The molecule has 0 bridgehead atoms. The van der Waals surface area contributed by atoms with Crippen molar-refractivity contribution in [3.05, 3.63) is 89.2 Å². The molecular weight excluding hydrogens is 582 g/mol. The lowest BCUT2D eigenvalue weighted by Gasteiger charge is -2.25. The summed E-state index contributed by atoms with van der Waals surface area (Å²) >= 11 is 0. The summed E-state index contributed by atoms with van der Waals surface area (Å²) < 4.78 is 36.0. The zero-order valence-corrected chi connectivity index (χ0v) is 28.6. The largest absolute Gasteiger partial charge is 0.344 e. The Bertz CT molecular complexity index is 1660. The van der Waals surface area contributed by atoms with E-state index in [0.29, 0.717) is 6.42 Å². The van der Waals surface area contributed by atoms with E-state index in [2.05, 4.69) is 99.6 Å². The Hall–Kier alpha value is -3.33. The Balaban J connectivity index is 1.56. The van der Waals surface area contributed by atoms with Gasteiger partial charge in [-0.2, -0.15) is 13.0 Å². The summed E-state index contributed by atoms with van der Waals surface area (Å²) in [6.07, 6.45) is 16.0. The number of aryl methyl sites for hydroxylation is 1. The van der Waals surface area contributed by atoms with E-state index in [4.69, 9.17) is 5.73 Å². The number of fused-ring (bicyclic) bond motifs is 2. The minimum absolute atomic E-state index is 0.0890. The minimum Gasteiger partial charge on any atom is -0.344 e. The average Bonchev–Trinajstić information content (AvgIpc) is 3.33. The van der Waals surface area contributed by atoms with Crippen LogP contribution in [0.2, 0.25) is 0 Å². The molecule has 0 atom stereocenters. The van der Waals surface area contributed by atoms with E-state index in [0.717, 1.165) is 62.2 Å². The van der Waals surface area contributed by atoms with Gasteiger partial charge in [-0.05, 0) is 70.4 Å². The molecule has 8 heteroatoms. The topological polar surface area (TPSA) is 104 Å². The van der Waals surface area contributed by atoms with Crippen LogP contribution in [0.1, 0.15) is 89.8 Å². The van der Waals surface area contributed by atoms with Gasteiger partial charge in [-0.15, -0.1) is 0 Å². The van der Waals surface area contributed by atoms with Gasteiger partial charge in [0.2, 0.25) is 5.69 Å². The van der Waals surface area contributed by atoms with E-state index in [1.165, 1.54) is 28.6 Å². The number of nitrogens with zero attached hydrogens (tertiary/aromatic N) is 2. The molecule has 0 spiro atoms. The highest BCUT2D eigenvalue weighted by Gasteiger charge is 2.45. The van der Waals surface area contributed by atoms with Gasteiger partial charge in [-0.1, -0.05) is 62.6 Å². The lowest BCUT2D eigenvalue weighted by Crippen LogP contribution is -2.28. The maximum Gasteiger partial charge on any atom is 0.294 e. The maximum absolute atomic E-state index is 12.0. The molecule has 0 aromatic heterocycles. The van der Waals surface area contributed by atoms with Gasteiger partial charge in [0.15, 0.2) is 5.71 Å². The molecule has 0 aliphatic carbocycles. The minimum atomic E-state index is -4.32. The number of benzene rings is 2. The van der Waals surface area contributed by atoms with Crippen LogP contribution >= 0.6 is 0 Å². The number of allylic oxidation sites excluding steroid dienone is 6. The SMILES string of the molecule is CCN1C(=CC=CC=CC2=[N+](CCCCCCCC(=O)CN)c3ccc(S(=O)(=O)O)cc3C2(C)C)C(C)(C)c2cc(C)ccc21. The molecule has 45 heavy (non-hydrogen) atoms. The van der Waals surface area contributed by atoms with E-state index in [1.807, 2.05) is 0 Å². The first-order chi connectivity index (χ1) is 21.2. The van der Waals surface area contributed by atoms with E-state index in [1.54, 1.807) is 12.1 Å². The maximum atomic E-state index is 12.0. The number of nitrogens with two attached hydrogens (primary N) is 1. The van der Waals surface area contributed by atoms with Crippen LogP contribution < -0.4 is 10.6 Å². The van der Waals surface area contributed by atoms with E-state index in [-0.39, 0.29) is 22.6 Å². The molecule has 0 radical (unpaired) electrons. The predicted molar refractivity (Wildman–Crippen MR) is 184 cm³/mol. The van der Waals surface area contributed by atoms with Crippen LogP contribution in [0.3, 0.4) is 0 Å². The Morgan fingerprint density at radius 1 is 0.933 bits per heavy atom. The third-order valence-electron chi connectivity index (χ3n) is 9.32. The fraction of sp³-hybridized carbons (Fsp3) is 0.459. The molecule has 0 saturated heterocycles. The molecule has 0 fully saturated rings. The number of anilines is 1. The smallest absolute Gasteiger partial charge is 0.294 e. The number of likely N-dealkylation sites (N-methyl/N-ethyl adjacent to an activating group) is 1. The fourth-order valence-corrected chi connectivity index (χ4v) is 7.27. The summed E-state index contributed by atoms with van der Waals surface area (Å²) in [6, 6.07) is 11.6. The van der Waals surface area contributed by atoms with Crippen LogP contribution in [-0.4, -0.2) is 48.7 Å². The number of carbonyl (C=O) groups excluding carboxylic acids is 1. The zero-order chi connectivity index (χ0) is 33.0. The van der Waals surface area contributed by atoms with Crippen LogP contribution in [0.4, 0.5) is 11.4 Å². The van der Waals surface area contributed by atoms with Crippen molar-refractivity contribution in [1.82, 2.24) is 0 Å². The van der Waals surface area contributed by atoms with E-state index < -0.39 is 15.5 Å². The lowest BCUT2D eigenvalue weighted by atomic mass is 9.81. The van der Waals surface area contributed by atoms with Gasteiger partial charge in [0.1, 0.15) is 12.3 Å². The first kappa shape index (κ1) is 34.5. The van der Waals surface area contributed by atoms with Gasteiger partial charge >= 0.3 is 0 Å². The molecule has 2 aliphatic heterocycles. The standard InChI is InChI=1S/C37H49N3O4S/c1-7-39-32-21-19-27(2)24-30(32)36(3,4)34(39)17-13-11-14-18-35-37(5,6)31-25-29(45(42,43)44)20-22-33(31)40(35)23-15-10-8-9-12-16-28(41)26-38/h11,13-14,17-22,24-25H,7-10,12,15-16,23,26,38H2,1-6H3/p+1. The second kappa shape index (κ2) is 14.0. The van der Waals surface area contributed by atoms with E-state index >= 15 is 0 Å². The number of hydrogen-bond acceptors (Lipinski definition) is 5. The van der Waals surface area contributed by atoms with Gasteiger partial charge in [-0.3, -0.25) is 9.35 Å². The van der Waals surface area contributed by atoms with Gasteiger partial charge < -0.3 is 10.6 Å². The van der Waals surface area contributed by atoms with Gasteiger partial charge in [-0.25, -0.2) is 0 Å². The van der Waals surface area contributed by atoms with Crippen molar-refractivity contribution < 1.29 is 22.3 Å². The van der Waals surface area contributed by atoms with Gasteiger partial charge in [0, 0.05) is 53.9 Å². The lowest BCUT2D eigenvalue weighted by molar-refractivity contribution is -0.438. The number of Topliss-reactive ketones (excluding diaryl/α,β-unsaturated/α-hetero) is 1. The molecule has 2 aliphatic rings. The van der Waals surface area contributed by atoms with Crippen molar-refractivity contribution in [1.29, 1.82) is 0 Å². The summed E-state index contributed by atoms with van der Waals surface area (Å²) in [5.74, 6) is 0.112. The zero-order valence-electron chi connectivity index (χ0n) is 27.8. The molecule has 0 amide bonds. The number of hydrogen-bond donors (Lipinski definition) is 2. The second-order valence-corrected chi connectivity index (χ2v) is 14.7. The number of unbranched alkanes of at least 4 members (excludes halogenated alkanes) is 4. The van der Waals surface area contributed by atoms with Crippen LogP contribution in [0, 0.1) is 6.92 Å². The average molecular weight is 633 g/mol. The number of ketones is 1. The predicted octanol–water partition coefficient (Wildman–Crippen LogP) is 7.30. The molecule has 7 nitrogen and oxygen atoms in total.